The van der Waals surface area contributed by atoms with E-state index in [9.17, 15) is 0 Å². The maximum absolute atomic E-state index is 6.15. The van der Waals surface area contributed by atoms with Gasteiger partial charge in [-0.1, -0.05) is 29.3 Å². The van der Waals surface area contributed by atoms with Crippen molar-refractivity contribution in [3.8, 4) is 11.1 Å². The molecule has 2 rings (SSSR count). The van der Waals surface area contributed by atoms with E-state index >= 15 is 0 Å². The largest absolute Gasteiger partial charge is 0.467 e. The Hall–Kier alpha value is -0.960. The Balaban J connectivity index is 2.46. The summed E-state index contributed by atoms with van der Waals surface area (Å²) in [5.41, 5.74) is 1.93. The zero-order valence-corrected chi connectivity index (χ0v) is 10.3. The molecule has 4 heteroatoms. The monoisotopic (exact) mass is 255 g/mol. The third-order valence-corrected chi connectivity index (χ3v) is 2.85. The fourth-order valence-electron chi connectivity index (χ4n) is 1.59. The summed E-state index contributed by atoms with van der Waals surface area (Å²) in [6, 6.07) is 7.35. The van der Waals surface area contributed by atoms with Gasteiger partial charge >= 0.3 is 0 Å². The van der Waals surface area contributed by atoms with Crippen LogP contribution in [0.1, 0.15) is 5.76 Å². The van der Waals surface area contributed by atoms with E-state index < -0.39 is 0 Å². The summed E-state index contributed by atoms with van der Waals surface area (Å²) in [7, 11) is 1.87. The first-order valence-electron chi connectivity index (χ1n) is 4.88. The molecule has 2 aromatic rings. The maximum Gasteiger partial charge on any atom is 0.125 e. The van der Waals surface area contributed by atoms with Crippen molar-refractivity contribution < 1.29 is 4.42 Å². The zero-order valence-electron chi connectivity index (χ0n) is 8.76. The molecule has 1 heterocycles. The fraction of sp³-hybridized carbons (Fsp3) is 0.167. The van der Waals surface area contributed by atoms with Crippen LogP contribution in [0.5, 0.6) is 0 Å². The second-order valence-electron chi connectivity index (χ2n) is 3.41. The molecule has 0 atom stereocenters. The number of rotatable bonds is 3. The summed E-state index contributed by atoms with van der Waals surface area (Å²) >= 11 is 12.0. The molecule has 0 radical (unpaired) electrons. The van der Waals surface area contributed by atoms with Crippen LogP contribution in [0, 0.1) is 0 Å². The van der Waals surface area contributed by atoms with E-state index in [4.69, 9.17) is 27.6 Å². The summed E-state index contributed by atoms with van der Waals surface area (Å²) in [4.78, 5) is 0. The summed E-state index contributed by atoms with van der Waals surface area (Å²) in [5.74, 6) is 0.867. The van der Waals surface area contributed by atoms with Crippen LogP contribution in [-0.4, -0.2) is 7.05 Å². The van der Waals surface area contributed by atoms with Crippen molar-refractivity contribution >= 4 is 23.2 Å². The van der Waals surface area contributed by atoms with E-state index in [1.165, 1.54) is 0 Å². The van der Waals surface area contributed by atoms with Gasteiger partial charge in [-0.2, -0.15) is 0 Å². The van der Waals surface area contributed by atoms with Gasteiger partial charge in [0.1, 0.15) is 5.76 Å². The average Bonchev–Trinajstić information content (AvgIpc) is 2.67. The number of benzene rings is 1. The minimum Gasteiger partial charge on any atom is -0.467 e. The highest BCUT2D eigenvalue weighted by molar-refractivity contribution is 6.36. The van der Waals surface area contributed by atoms with Gasteiger partial charge in [0.15, 0.2) is 0 Å². The molecular formula is C12H11Cl2NO. The summed E-state index contributed by atoms with van der Waals surface area (Å²) < 4.78 is 5.39. The predicted octanol–water partition coefficient (Wildman–Crippen LogP) is 3.97. The molecule has 1 aromatic heterocycles. The first-order valence-corrected chi connectivity index (χ1v) is 5.64. The number of halogens is 2. The fourth-order valence-corrected chi connectivity index (χ4v) is 2.10. The molecule has 84 valence electrons. The van der Waals surface area contributed by atoms with Crippen LogP contribution in [0.2, 0.25) is 10.0 Å². The number of nitrogens with one attached hydrogen (secondary N) is 1. The molecule has 0 amide bonds. The highest BCUT2D eigenvalue weighted by Gasteiger charge is 2.11. The van der Waals surface area contributed by atoms with Gasteiger partial charge in [-0.25, -0.2) is 0 Å². The molecule has 2 nitrogen and oxygen atoms in total. The highest BCUT2D eigenvalue weighted by atomic mass is 35.5. The quantitative estimate of drug-likeness (QED) is 0.898. The Morgan fingerprint density at radius 2 is 2.00 bits per heavy atom. The van der Waals surface area contributed by atoms with Gasteiger partial charge < -0.3 is 9.73 Å². The third kappa shape index (κ3) is 2.24. The van der Waals surface area contributed by atoms with Crippen LogP contribution >= 0.6 is 23.2 Å². The smallest absolute Gasteiger partial charge is 0.125 e. The van der Waals surface area contributed by atoms with Gasteiger partial charge in [0.05, 0.1) is 12.8 Å². The summed E-state index contributed by atoms with van der Waals surface area (Å²) in [6.45, 7) is 0.668. The van der Waals surface area contributed by atoms with Gasteiger partial charge in [0.2, 0.25) is 0 Å². The molecule has 0 fully saturated rings. The van der Waals surface area contributed by atoms with Gasteiger partial charge in [0, 0.05) is 21.2 Å². The first-order chi connectivity index (χ1) is 7.72. The molecular weight excluding hydrogens is 245 g/mol. The van der Waals surface area contributed by atoms with Crippen LogP contribution in [0.3, 0.4) is 0 Å². The number of hydrogen-bond donors (Lipinski definition) is 1. The van der Waals surface area contributed by atoms with E-state index in [-0.39, 0.29) is 0 Å². The molecule has 1 N–H and O–H groups in total. The van der Waals surface area contributed by atoms with Crippen molar-refractivity contribution in [3.63, 3.8) is 0 Å². The number of hydrogen-bond acceptors (Lipinski definition) is 2. The van der Waals surface area contributed by atoms with Crippen LogP contribution in [0.25, 0.3) is 11.1 Å². The van der Waals surface area contributed by atoms with Crippen molar-refractivity contribution in [3.05, 3.63) is 46.3 Å². The van der Waals surface area contributed by atoms with E-state index in [1.54, 1.807) is 12.3 Å². The summed E-state index contributed by atoms with van der Waals surface area (Å²) in [6.07, 6.45) is 1.66. The second kappa shape index (κ2) is 4.91. The van der Waals surface area contributed by atoms with Crippen molar-refractivity contribution in [1.82, 2.24) is 5.32 Å². The Bertz CT molecular complexity index is 494. The van der Waals surface area contributed by atoms with Crippen molar-refractivity contribution in [2.45, 2.75) is 6.54 Å². The van der Waals surface area contributed by atoms with Crippen LogP contribution in [0.4, 0.5) is 0 Å². The summed E-state index contributed by atoms with van der Waals surface area (Å²) in [5, 5.41) is 4.31. The average molecular weight is 256 g/mol. The lowest BCUT2D eigenvalue weighted by atomic mass is 10.1. The molecule has 0 bridgehead atoms. The zero-order chi connectivity index (χ0) is 11.5. The third-order valence-electron chi connectivity index (χ3n) is 2.30. The molecule has 0 saturated heterocycles. The highest BCUT2D eigenvalue weighted by Crippen LogP contribution is 2.33. The first kappa shape index (κ1) is 11.5. The predicted molar refractivity (Wildman–Crippen MR) is 66.9 cm³/mol. The number of furan rings is 1. The van der Waals surface area contributed by atoms with E-state index in [0.717, 1.165) is 16.9 Å². The van der Waals surface area contributed by atoms with Crippen molar-refractivity contribution in [1.29, 1.82) is 0 Å². The lowest BCUT2D eigenvalue weighted by Gasteiger charge is -2.05. The Labute approximate surface area is 104 Å². The SMILES string of the molecule is CNCc1occc1-c1ccc(Cl)cc1Cl. The molecule has 16 heavy (non-hydrogen) atoms. The lowest BCUT2D eigenvalue weighted by Crippen LogP contribution is -2.04. The molecule has 0 saturated carbocycles. The Morgan fingerprint density at radius 3 is 2.69 bits per heavy atom. The van der Waals surface area contributed by atoms with E-state index in [2.05, 4.69) is 5.32 Å². The maximum atomic E-state index is 6.15. The normalized spacial score (nSPS) is 10.7. The minimum atomic E-state index is 0.631. The van der Waals surface area contributed by atoms with Gasteiger partial charge in [-0.3, -0.25) is 0 Å². The minimum absolute atomic E-state index is 0.631. The van der Waals surface area contributed by atoms with Crippen molar-refractivity contribution in [2.24, 2.45) is 0 Å². The lowest BCUT2D eigenvalue weighted by molar-refractivity contribution is 0.497. The van der Waals surface area contributed by atoms with Gasteiger partial charge in [0.25, 0.3) is 0 Å². The Morgan fingerprint density at radius 1 is 1.19 bits per heavy atom. The molecule has 0 spiro atoms. The molecule has 0 aliphatic heterocycles. The van der Waals surface area contributed by atoms with Crippen LogP contribution in [-0.2, 0) is 6.54 Å². The molecule has 0 unspecified atom stereocenters. The second-order valence-corrected chi connectivity index (χ2v) is 4.26. The van der Waals surface area contributed by atoms with E-state index in [0.29, 0.717) is 16.6 Å². The molecule has 1 aromatic carbocycles. The molecule has 0 aliphatic carbocycles. The molecule has 0 aliphatic rings. The standard InChI is InChI=1S/C12H11Cl2NO/c1-15-7-12-10(4-5-16-12)9-3-2-8(13)6-11(9)14/h2-6,15H,7H2,1H3. The van der Waals surface area contributed by atoms with Crippen LogP contribution in [0.15, 0.2) is 34.9 Å². The van der Waals surface area contributed by atoms with Crippen molar-refractivity contribution in [2.75, 3.05) is 7.05 Å². The Kier molecular flexibility index (Phi) is 3.54. The van der Waals surface area contributed by atoms with Gasteiger partial charge in [-0.15, -0.1) is 0 Å². The topological polar surface area (TPSA) is 25.2 Å². The van der Waals surface area contributed by atoms with Crippen LogP contribution < -0.4 is 5.32 Å². The van der Waals surface area contributed by atoms with E-state index in [1.807, 2.05) is 25.2 Å². The van der Waals surface area contributed by atoms with Gasteiger partial charge in [-0.05, 0) is 25.2 Å².